The van der Waals surface area contributed by atoms with Crippen molar-refractivity contribution >= 4 is 21.4 Å². The first-order valence-corrected chi connectivity index (χ1v) is 6.79. The van der Waals surface area contributed by atoms with E-state index in [2.05, 4.69) is 39.2 Å². The van der Waals surface area contributed by atoms with Gasteiger partial charge in [-0.1, -0.05) is 18.2 Å². The number of benzene rings is 1. The Balaban J connectivity index is 2.29. The molecular formula is C14H15N3S. The minimum absolute atomic E-state index is 0.511. The third-order valence-electron chi connectivity index (χ3n) is 3.37. The molecule has 0 saturated heterocycles. The van der Waals surface area contributed by atoms with E-state index in [-0.39, 0.29) is 0 Å². The standard InChI is InChI=1S/C14H15N3S/c1-9-16-14(12(7-15)17(9)2)11-8-18-13-6-4-3-5-10(11)13/h3-6,8H,7,15H2,1-2H3. The topological polar surface area (TPSA) is 43.8 Å². The molecule has 0 unspecified atom stereocenters. The van der Waals surface area contributed by atoms with Gasteiger partial charge in [-0.15, -0.1) is 11.3 Å². The van der Waals surface area contributed by atoms with E-state index in [0.717, 1.165) is 17.2 Å². The molecule has 18 heavy (non-hydrogen) atoms. The summed E-state index contributed by atoms with van der Waals surface area (Å²) in [5.41, 5.74) is 9.17. The summed E-state index contributed by atoms with van der Waals surface area (Å²) >= 11 is 1.75. The maximum Gasteiger partial charge on any atom is 0.106 e. The molecule has 0 aliphatic carbocycles. The minimum Gasteiger partial charge on any atom is -0.334 e. The highest BCUT2D eigenvalue weighted by molar-refractivity contribution is 7.17. The lowest BCUT2D eigenvalue weighted by Gasteiger charge is -2.02. The molecule has 0 aliphatic heterocycles. The van der Waals surface area contributed by atoms with Crippen molar-refractivity contribution in [2.75, 3.05) is 0 Å². The normalized spacial score (nSPS) is 11.3. The Morgan fingerprint density at radius 2 is 2.11 bits per heavy atom. The van der Waals surface area contributed by atoms with Gasteiger partial charge in [-0.2, -0.15) is 0 Å². The molecule has 0 atom stereocenters. The summed E-state index contributed by atoms with van der Waals surface area (Å²) in [7, 11) is 2.02. The highest BCUT2D eigenvalue weighted by atomic mass is 32.1. The van der Waals surface area contributed by atoms with Crippen molar-refractivity contribution < 1.29 is 0 Å². The molecule has 3 rings (SSSR count). The van der Waals surface area contributed by atoms with E-state index in [9.17, 15) is 0 Å². The third-order valence-corrected chi connectivity index (χ3v) is 4.33. The SMILES string of the molecule is Cc1nc(-c2csc3ccccc23)c(CN)n1C. The Labute approximate surface area is 110 Å². The first-order chi connectivity index (χ1) is 8.72. The van der Waals surface area contributed by atoms with E-state index in [0.29, 0.717) is 6.54 Å². The second-order valence-corrected chi connectivity index (χ2v) is 5.27. The lowest BCUT2D eigenvalue weighted by molar-refractivity contribution is 0.789. The van der Waals surface area contributed by atoms with Gasteiger partial charge in [0.25, 0.3) is 0 Å². The predicted octanol–water partition coefficient (Wildman–Crippen LogP) is 3.07. The Morgan fingerprint density at radius 3 is 2.89 bits per heavy atom. The molecule has 2 aromatic heterocycles. The van der Waals surface area contributed by atoms with Crippen LogP contribution in [0.5, 0.6) is 0 Å². The monoisotopic (exact) mass is 257 g/mol. The smallest absolute Gasteiger partial charge is 0.106 e. The number of thiophene rings is 1. The lowest BCUT2D eigenvalue weighted by Crippen LogP contribution is -2.05. The summed E-state index contributed by atoms with van der Waals surface area (Å²) in [5.74, 6) is 1.00. The van der Waals surface area contributed by atoms with Crippen LogP contribution in [-0.4, -0.2) is 9.55 Å². The average Bonchev–Trinajstić information content (AvgIpc) is 2.92. The van der Waals surface area contributed by atoms with Crippen LogP contribution in [0.2, 0.25) is 0 Å². The number of nitrogens with zero attached hydrogens (tertiary/aromatic N) is 2. The molecule has 4 heteroatoms. The van der Waals surface area contributed by atoms with Crippen molar-refractivity contribution in [3.63, 3.8) is 0 Å². The van der Waals surface area contributed by atoms with Gasteiger partial charge in [0.15, 0.2) is 0 Å². The Bertz CT molecular complexity index is 709. The molecule has 3 aromatic rings. The molecule has 0 spiro atoms. The van der Waals surface area contributed by atoms with Crippen LogP contribution in [0, 0.1) is 6.92 Å². The van der Waals surface area contributed by atoms with Gasteiger partial charge in [0, 0.05) is 34.6 Å². The lowest BCUT2D eigenvalue weighted by atomic mass is 10.1. The molecule has 0 aliphatic rings. The number of hydrogen-bond acceptors (Lipinski definition) is 3. The number of aromatic nitrogens is 2. The number of fused-ring (bicyclic) bond motifs is 1. The van der Waals surface area contributed by atoms with Crippen molar-refractivity contribution in [3.05, 3.63) is 41.2 Å². The fourth-order valence-corrected chi connectivity index (χ4v) is 3.21. The number of nitrogens with two attached hydrogens (primary N) is 1. The zero-order chi connectivity index (χ0) is 12.7. The molecule has 92 valence electrons. The number of rotatable bonds is 2. The van der Waals surface area contributed by atoms with E-state index in [1.165, 1.54) is 15.6 Å². The fourth-order valence-electron chi connectivity index (χ4n) is 2.27. The van der Waals surface area contributed by atoms with Gasteiger partial charge in [-0.25, -0.2) is 4.98 Å². The van der Waals surface area contributed by atoms with Crippen molar-refractivity contribution in [1.82, 2.24) is 9.55 Å². The maximum atomic E-state index is 5.86. The second kappa shape index (κ2) is 4.23. The second-order valence-electron chi connectivity index (χ2n) is 4.36. The predicted molar refractivity (Wildman–Crippen MR) is 76.7 cm³/mol. The fraction of sp³-hybridized carbons (Fsp3) is 0.214. The quantitative estimate of drug-likeness (QED) is 0.766. The Hall–Kier alpha value is -1.65. The van der Waals surface area contributed by atoms with Crippen molar-refractivity contribution in [2.24, 2.45) is 12.8 Å². The van der Waals surface area contributed by atoms with Crippen molar-refractivity contribution in [2.45, 2.75) is 13.5 Å². The van der Waals surface area contributed by atoms with E-state index in [1.807, 2.05) is 14.0 Å². The number of aryl methyl sites for hydroxylation is 1. The van der Waals surface area contributed by atoms with Crippen LogP contribution in [-0.2, 0) is 13.6 Å². The van der Waals surface area contributed by atoms with Gasteiger partial charge in [0.05, 0.1) is 11.4 Å². The van der Waals surface area contributed by atoms with E-state index >= 15 is 0 Å². The molecule has 3 nitrogen and oxygen atoms in total. The minimum atomic E-state index is 0.511. The van der Waals surface area contributed by atoms with Crippen LogP contribution >= 0.6 is 11.3 Å². The van der Waals surface area contributed by atoms with E-state index in [1.54, 1.807) is 11.3 Å². The summed E-state index contributed by atoms with van der Waals surface area (Å²) in [6.07, 6.45) is 0. The van der Waals surface area contributed by atoms with E-state index in [4.69, 9.17) is 5.73 Å². The highest BCUT2D eigenvalue weighted by Crippen LogP contribution is 2.34. The first kappa shape index (κ1) is 11.4. The summed E-state index contributed by atoms with van der Waals surface area (Å²) in [6, 6.07) is 8.42. The molecule has 0 radical (unpaired) electrons. The van der Waals surface area contributed by atoms with Crippen molar-refractivity contribution in [3.8, 4) is 11.3 Å². The maximum absolute atomic E-state index is 5.86. The van der Waals surface area contributed by atoms with Gasteiger partial charge in [-0.05, 0) is 13.0 Å². The molecule has 0 fully saturated rings. The molecule has 1 aromatic carbocycles. The van der Waals surface area contributed by atoms with Gasteiger partial charge >= 0.3 is 0 Å². The molecule has 2 N–H and O–H groups in total. The average molecular weight is 257 g/mol. The summed E-state index contributed by atoms with van der Waals surface area (Å²) in [4.78, 5) is 4.66. The Kier molecular flexibility index (Phi) is 2.69. The van der Waals surface area contributed by atoms with Gasteiger partial charge in [0.1, 0.15) is 5.82 Å². The van der Waals surface area contributed by atoms with Crippen molar-refractivity contribution in [1.29, 1.82) is 0 Å². The zero-order valence-corrected chi connectivity index (χ0v) is 11.3. The molecular weight excluding hydrogens is 242 g/mol. The zero-order valence-electron chi connectivity index (χ0n) is 10.5. The molecule has 0 amide bonds. The van der Waals surface area contributed by atoms with Gasteiger partial charge in [-0.3, -0.25) is 0 Å². The number of hydrogen-bond donors (Lipinski definition) is 1. The van der Waals surface area contributed by atoms with Crippen LogP contribution in [0.15, 0.2) is 29.6 Å². The summed E-state index contributed by atoms with van der Waals surface area (Å²) < 4.78 is 3.36. The molecule has 0 bridgehead atoms. The van der Waals surface area contributed by atoms with Gasteiger partial charge in [0.2, 0.25) is 0 Å². The van der Waals surface area contributed by atoms with E-state index < -0.39 is 0 Å². The highest BCUT2D eigenvalue weighted by Gasteiger charge is 2.15. The van der Waals surface area contributed by atoms with Crippen LogP contribution in [0.1, 0.15) is 11.5 Å². The number of imidazole rings is 1. The molecule has 2 heterocycles. The molecule has 0 saturated carbocycles. The summed E-state index contributed by atoms with van der Waals surface area (Å²) in [6.45, 7) is 2.52. The van der Waals surface area contributed by atoms with Gasteiger partial charge < -0.3 is 10.3 Å². The van der Waals surface area contributed by atoms with Crippen LogP contribution in [0.4, 0.5) is 0 Å². The largest absolute Gasteiger partial charge is 0.334 e. The van der Waals surface area contributed by atoms with Crippen LogP contribution < -0.4 is 5.73 Å². The Morgan fingerprint density at radius 1 is 1.33 bits per heavy atom. The first-order valence-electron chi connectivity index (χ1n) is 5.91. The summed E-state index contributed by atoms with van der Waals surface area (Å²) in [5, 5.41) is 3.43. The van der Waals surface area contributed by atoms with Crippen LogP contribution in [0.25, 0.3) is 21.3 Å². The van der Waals surface area contributed by atoms with Crippen LogP contribution in [0.3, 0.4) is 0 Å². The third kappa shape index (κ3) is 1.57.